The maximum Gasteiger partial charge on any atom is 0.472 e. The van der Waals surface area contributed by atoms with E-state index in [1.807, 2.05) is 0 Å². The van der Waals surface area contributed by atoms with Gasteiger partial charge in [0, 0.05) is 59.9 Å². The van der Waals surface area contributed by atoms with Gasteiger partial charge >= 0.3 is 7.82 Å². The summed E-state index contributed by atoms with van der Waals surface area (Å²) in [6.45, 7) is 6.53. The fourth-order valence-corrected chi connectivity index (χ4v) is 11.4. The fourth-order valence-electron chi connectivity index (χ4n) is 10.3. The predicted molar refractivity (Wildman–Crippen MR) is 351 cm³/mol. The summed E-state index contributed by atoms with van der Waals surface area (Å²) in [5.74, 6) is -3.40. The van der Waals surface area contributed by atoms with Crippen LogP contribution in [0.3, 0.4) is 0 Å². The summed E-state index contributed by atoms with van der Waals surface area (Å²) < 4.78 is 89.4. The summed E-state index contributed by atoms with van der Waals surface area (Å²) in [5, 5.41) is 106. The van der Waals surface area contributed by atoms with Gasteiger partial charge < -0.3 is 144 Å². The molecule has 0 aromatic carbocycles. The van der Waals surface area contributed by atoms with Gasteiger partial charge in [0.1, 0.15) is 73.1 Å². The number of phosphoric acid groups is 1. The van der Waals surface area contributed by atoms with Gasteiger partial charge in [0.25, 0.3) is 0 Å². The zero-order chi connectivity index (χ0) is 75.6. The lowest BCUT2D eigenvalue weighted by atomic mass is 9.97. The van der Waals surface area contributed by atoms with Gasteiger partial charge in [-0.1, -0.05) is 6.42 Å². The van der Waals surface area contributed by atoms with Gasteiger partial charge in [-0.05, 0) is 40.0 Å². The Hall–Kier alpha value is -4.48. The first-order chi connectivity index (χ1) is 48.5. The maximum absolute atomic E-state index is 13.8. The van der Waals surface area contributed by atoms with E-state index in [0.29, 0.717) is 19.3 Å². The van der Waals surface area contributed by atoms with E-state index in [1.165, 1.54) is 25.7 Å². The van der Waals surface area contributed by atoms with Crippen molar-refractivity contribution in [3.05, 3.63) is 0 Å². The third-order valence-corrected chi connectivity index (χ3v) is 16.4. The van der Waals surface area contributed by atoms with Crippen LogP contribution in [0.4, 0.5) is 0 Å². The van der Waals surface area contributed by atoms with E-state index in [2.05, 4.69) is 31.9 Å². The molecule has 3 fully saturated rings. The van der Waals surface area contributed by atoms with Crippen LogP contribution >= 0.6 is 7.82 Å². The zero-order valence-corrected chi connectivity index (χ0v) is 60.0. The minimum atomic E-state index is -4.34. The molecule has 102 heavy (non-hydrogen) atoms. The summed E-state index contributed by atoms with van der Waals surface area (Å²) >= 11 is 0. The van der Waals surface area contributed by atoms with Crippen molar-refractivity contribution in [2.75, 3.05) is 178 Å². The fraction of sp³-hybridized carbons (Fsp3) is 0.885. The number of carbonyl (C=O) groups excluding carboxylic acids is 7. The van der Waals surface area contributed by atoms with Crippen molar-refractivity contribution in [1.82, 2.24) is 41.7 Å². The smallest absolute Gasteiger partial charge is 0.394 e. The topological polar surface area (TPSA) is 547 Å². The maximum atomic E-state index is 13.8. The quantitative estimate of drug-likeness (QED) is 0.0199. The molecule has 0 aromatic rings. The highest BCUT2D eigenvalue weighted by atomic mass is 31.2. The van der Waals surface area contributed by atoms with Crippen LogP contribution in [0.2, 0.25) is 0 Å². The van der Waals surface area contributed by atoms with Crippen LogP contribution in [0.1, 0.15) is 73.6 Å². The summed E-state index contributed by atoms with van der Waals surface area (Å²) in [6.07, 6.45) is -14.7. The molecular formula is C61H113N8O32P. The molecule has 3 saturated heterocycles. The Bertz CT molecular complexity index is 2370. The molecule has 3 heterocycles. The second-order valence-electron chi connectivity index (χ2n) is 24.8. The number of hydrogen-bond donors (Lipinski definition) is 16. The zero-order valence-electron chi connectivity index (χ0n) is 59.1. The highest BCUT2D eigenvalue weighted by Crippen LogP contribution is 2.47. The van der Waals surface area contributed by atoms with E-state index >= 15 is 0 Å². The number of unbranched alkanes of at least 4 members (excludes halogenated alkanes) is 2. The molecule has 0 radical (unpaired) electrons. The highest BCUT2D eigenvalue weighted by molar-refractivity contribution is 7.47. The van der Waals surface area contributed by atoms with Gasteiger partial charge in [-0.3, -0.25) is 47.5 Å². The molecule has 16 atom stereocenters. The van der Waals surface area contributed by atoms with Crippen LogP contribution < -0.4 is 31.9 Å². The van der Waals surface area contributed by atoms with E-state index in [4.69, 9.17) is 65.9 Å². The lowest BCUT2D eigenvalue weighted by Crippen LogP contribution is -2.64. The standard InChI is InChI=1S/C61H113N8O32P/c1-39(73)65-49-55(83)52(80)42(36-70)98-58(49)94-30-27-91-24-21-88-18-12-62-45(76)33-68(34-46(77)63-13-19-89-22-25-92-28-31-95-59-50(66-40(2)74)56(84)53(81)43(37-71)99-59)15-10-16-69(48(79)11-8-7-9-17-97-102(86,87)101-61(4,5)6)35-47(78)64-14-20-90-23-26-93-29-32-96-60-51(67-41(3)75)57(85)54(82)44(38-72)100-60/h42-44,49-60,70-72,80-85H,7-38H2,1-6H3,(H,62,76)(H,63,77)(H,64,78)(H,65,73)(H,66,74)(H,67,75)(H,86,87). The Balaban J connectivity index is 1.55. The summed E-state index contributed by atoms with van der Waals surface area (Å²) in [7, 11) is -4.34. The number of nitrogens with zero attached hydrogens (tertiary/aromatic N) is 2. The first-order valence-corrected chi connectivity index (χ1v) is 35.5. The van der Waals surface area contributed by atoms with E-state index in [1.54, 1.807) is 25.7 Å². The van der Waals surface area contributed by atoms with Crippen molar-refractivity contribution in [3.63, 3.8) is 0 Å². The van der Waals surface area contributed by atoms with E-state index < -0.39 is 167 Å². The van der Waals surface area contributed by atoms with Gasteiger partial charge in [-0.25, -0.2) is 4.57 Å². The predicted octanol–water partition coefficient (Wildman–Crippen LogP) is -7.67. The summed E-state index contributed by atoms with van der Waals surface area (Å²) in [4.78, 5) is 102. The van der Waals surface area contributed by atoms with Crippen molar-refractivity contribution >= 4 is 49.2 Å². The molecular weight excluding hydrogens is 1390 g/mol. The molecule has 3 rings (SSSR count). The minimum Gasteiger partial charge on any atom is -0.394 e. The van der Waals surface area contributed by atoms with Crippen LogP contribution in [-0.4, -0.2) is 377 Å². The molecule has 0 spiro atoms. The number of hydrogen-bond acceptors (Lipinski definition) is 32. The molecule has 3 aliphatic heterocycles. The van der Waals surface area contributed by atoms with Crippen LogP contribution in [-0.2, 0) is 104 Å². The Morgan fingerprint density at radius 2 is 0.765 bits per heavy atom. The van der Waals surface area contributed by atoms with Gasteiger partial charge in [0.05, 0.1) is 151 Å². The second kappa shape index (κ2) is 50.9. The molecule has 16 N–H and O–H groups in total. The van der Waals surface area contributed by atoms with Crippen molar-refractivity contribution in [3.8, 4) is 0 Å². The molecule has 16 unspecified atom stereocenters. The number of nitrogens with one attached hydrogen (secondary N) is 6. The van der Waals surface area contributed by atoms with Crippen LogP contribution in [0.15, 0.2) is 0 Å². The lowest BCUT2D eigenvalue weighted by Gasteiger charge is -2.42. The molecule has 7 amide bonds. The Kier molecular flexibility index (Phi) is 45.8. The average Bonchev–Trinajstić information content (AvgIpc) is 0.822. The molecule has 40 nitrogen and oxygen atoms in total. The molecule has 594 valence electrons. The van der Waals surface area contributed by atoms with Crippen LogP contribution in [0, 0.1) is 0 Å². The van der Waals surface area contributed by atoms with Crippen molar-refractivity contribution in [2.45, 2.75) is 171 Å². The molecule has 41 heteroatoms. The summed E-state index contributed by atoms with van der Waals surface area (Å²) in [6, 6.07) is -3.36. The number of rotatable bonds is 54. The van der Waals surface area contributed by atoms with Crippen LogP contribution in [0.5, 0.6) is 0 Å². The van der Waals surface area contributed by atoms with E-state index in [9.17, 15) is 89.0 Å². The van der Waals surface area contributed by atoms with E-state index in [-0.39, 0.29) is 171 Å². The van der Waals surface area contributed by atoms with Gasteiger partial charge in [-0.15, -0.1) is 0 Å². The number of ether oxygens (including phenoxy) is 12. The molecule has 0 aliphatic carbocycles. The minimum absolute atomic E-state index is 0.00661. The molecule has 0 saturated carbocycles. The van der Waals surface area contributed by atoms with Crippen molar-refractivity contribution in [2.24, 2.45) is 0 Å². The molecule has 0 bridgehead atoms. The largest absolute Gasteiger partial charge is 0.472 e. The van der Waals surface area contributed by atoms with Crippen molar-refractivity contribution in [1.29, 1.82) is 0 Å². The third kappa shape index (κ3) is 37.7. The van der Waals surface area contributed by atoms with E-state index in [0.717, 1.165) is 0 Å². The Morgan fingerprint density at radius 1 is 0.431 bits per heavy atom. The number of amides is 7. The second-order valence-corrected chi connectivity index (χ2v) is 26.2. The number of phosphoric ester groups is 1. The van der Waals surface area contributed by atoms with Crippen LogP contribution in [0.25, 0.3) is 0 Å². The highest BCUT2D eigenvalue weighted by Gasteiger charge is 2.48. The first-order valence-electron chi connectivity index (χ1n) is 34.0. The van der Waals surface area contributed by atoms with Gasteiger partial charge in [-0.2, -0.15) is 0 Å². The van der Waals surface area contributed by atoms with Crippen molar-refractivity contribution < 1.29 is 155 Å². The first kappa shape index (κ1) is 91.7. The molecule has 3 aliphatic rings. The lowest BCUT2D eigenvalue weighted by molar-refractivity contribution is -0.272. The molecule has 0 aromatic heterocycles. The summed E-state index contributed by atoms with van der Waals surface area (Å²) in [5.41, 5.74) is -0.943. The number of aliphatic hydroxyl groups excluding tert-OH is 9. The Morgan fingerprint density at radius 3 is 1.10 bits per heavy atom. The van der Waals surface area contributed by atoms with Gasteiger partial charge in [0.15, 0.2) is 18.9 Å². The number of carbonyl (C=O) groups is 7. The third-order valence-electron chi connectivity index (χ3n) is 15.1. The Labute approximate surface area is 593 Å². The SMILES string of the molecule is CC(=O)NC1C(OCCOCCOCCNC(=O)CN(CCCN(CC(=O)NCCOCCOCCOC2OC(CO)C(O)C(O)C2NC(C)=O)C(=O)CCCCCOP(=O)(O)OC(C)(C)C)CC(=O)NCCOCCOCCOC2OC(CO)C(O)C(O)C2NC(C)=O)OC(CO)C(O)C1O. The number of aliphatic hydroxyl groups is 9. The normalized spacial score (nSPS) is 25.8. The average molecular weight is 1500 g/mol. The monoisotopic (exact) mass is 1500 g/mol. The van der Waals surface area contributed by atoms with Gasteiger partial charge in [0.2, 0.25) is 41.4 Å².